The smallest absolute Gasteiger partial charge is 0.250 e. The van der Waals surface area contributed by atoms with E-state index in [1.165, 1.54) is 0 Å². The first-order valence-corrected chi connectivity index (χ1v) is 5.38. The zero-order valence-corrected chi connectivity index (χ0v) is 9.86. The minimum Gasteiger partial charge on any atom is -0.374 e. The Hall–Kier alpha value is -1.55. The molecule has 16 heavy (non-hydrogen) atoms. The third kappa shape index (κ3) is 2.97. The second-order valence-electron chi connectivity index (χ2n) is 3.95. The number of primary amides is 1. The fourth-order valence-corrected chi connectivity index (χ4v) is 1.61. The molecule has 0 bridgehead atoms. The summed E-state index contributed by atoms with van der Waals surface area (Å²) in [6, 6.07) is 5.63. The third-order valence-corrected chi connectivity index (χ3v) is 2.53. The average Bonchev–Trinajstić information content (AvgIpc) is 2.25. The number of aryl methyl sites for hydroxylation is 1. The highest BCUT2D eigenvalue weighted by molar-refractivity contribution is 5.98. The van der Waals surface area contributed by atoms with Gasteiger partial charge in [-0.1, -0.05) is 6.07 Å². The Bertz CT molecular complexity index is 377. The second kappa shape index (κ2) is 5.51. The Kier molecular flexibility index (Phi) is 4.31. The number of hydrogen-bond acceptors (Lipinski definition) is 3. The van der Waals surface area contributed by atoms with Crippen molar-refractivity contribution in [2.75, 3.05) is 25.0 Å². The van der Waals surface area contributed by atoms with Crippen molar-refractivity contribution in [1.29, 1.82) is 0 Å². The van der Waals surface area contributed by atoms with Crippen LogP contribution in [0.25, 0.3) is 0 Å². The normalized spacial score (nSPS) is 10.2. The van der Waals surface area contributed by atoms with E-state index in [2.05, 4.69) is 0 Å². The maximum atomic E-state index is 11.3. The zero-order chi connectivity index (χ0) is 12.1. The second-order valence-corrected chi connectivity index (χ2v) is 3.95. The predicted molar refractivity (Wildman–Crippen MR) is 66.6 cm³/mol. The fourth-order valence-electron chi connectivity index (χ4n) is 1.61. The minimum absolute atomic E-state index is 0.394. The highest BCUT2D eigenvalue weighted by atomic mass is 16.1. The summed E-state index contributed by atoms with van der Waals surface area (Å²) in [5.74, 6) is -0.394. The topological polar surface area (TPSA) is 72.4 Å². The van der Waals surface area contributed by atoms with Crippen molar-refractivity contribution in [3.63, 3.8) is 0 Å². The van der Waals surface area contributed by atoms with Crippen LogP contribution < -0.4 is 16.4 Å². The summed E-state index contributed by atoms with van der Waals surface area (Å²) in [7, 11) is 1.94. The lowest BCUT2D eigenvalue weighted by molar-refractivity contribution is 0.100. The van der Waals surface area contributed by atoms with Crippen molar-refractivity contribution >= 4 is 11.6 Å². The molecule has 0 aliphatic heterocycles. The summed E-state index contributed by atoms with van der Waals surface area (Å²) in [5.41, 5.74) is 13.4. The molecule has 1 rings (SSSR count). The van der Waals surface area contributed by atoms with E-state index in [9.17, 15) is 4.79 Å². The molecule has 1 aromatic rings. The van der Waals surface area contributed by atoms with Crippen LogP contribution in [0.5, 0.6) is 0 Å². The summed E-state index contributed by atoms with van der Waals surface area (Å²) in [6.07, 6.45) is 0.892. The molecule has 0 aliphatic rings. The van der Waals surface area contributed by atoms with E-state index in [1.807, 2.05) is 31.0 Å². The van der Waals surface area contributed by atoms with Gasteiger partial charge in [0.05, 0.1) is 5.56 Å². The monoisotopic (exact) mass is 221 g/mol. The molecule has 0 aromatic heterocycles. The van der Waals surface area contributed by atoms with E-state index >= 15 is 0 Å². The first-order valence-electron chi connectivity index (χ1n) is 5.38. The van der Waals surface area contributed by atoms with Crippen LogP contribution in [0.2, 0.25) is 0 Å². The molecule has 4 nitrogen and oxygen atoms in total. The van der Waals surface area contributed by atoms with Crippen LogP contribution in [0.1, 0.15) is 22.3 Å². The molecule has 0 heterocycles. The van der Waals surface area contributed by atoms with Gasteiger partial charge < -0.3 is 16.4 Å². The highest BCUT2D eigenvalue weighted by Gasteiger charge is 2.11. The van der Waals surface area contributed by atoms with Gasteiger partial charge in [0.1, 0.15) is 0 Å². The largest absolute Gasteiger partial charge is 0.374 e. The quantitative estimate of drug-likeness (QED) is 0.775. The van der Waals surface area contributed by atoms with Crippen LogP contribution in [0.3, 0.4) is 0 Å². The van der Waals surface area contributed by atoms with Crippen LogP contribution in [-0.4, -0.2) is 26.0 Å². The van der Waals surface area contributed by atoms with Crippen LogP contribution in [0.4, 0.5) is 5.69 Å². The van der Waals surface area contributed by atoms with E-state index in [0.717, 1.165) is 24.2 Å². The Morgan fingerprint density at radius 1 is 1.44 bits per heavy atom. The van der Waals surface area contributed by atoms with E-state index in [-0.39, 0.29) is 0 Å². The summed E-state index contributed by atoms with van der Waals surface area (Å²) in [6.45, 7) is 3.45. The van der Waals surface area contributed by atoms with Crippen molar-refractivity contribution in [2.45, 2.75) is 13.3 Å². The van der Waals surface area contributed by atoms with Gasteiger partial charge in [-0.2, -0.15) is 0 Å². The van der Waals surface area contributed by atoms with Crippen molar-refractivity contribution in [3.05, 3.63) is 29.3 Å². The van der Waals surface area contributed by atoms with Gasteiger partial charge in [-0.25, -0.2) is 0 Å². The van der Waals surface area contributed by atoms with Crippen molar-refractivity contribution in [2.24, 2.45) is 11.5 Å². The molecule has 1 aromatic carbocycles. The molecule has 0 atom stereocenters. The summed E-state index contributed by atoms with van der Waals surface area (Å²) >= 11 is 0. The summed E-state index contributed by atoms with van der Waals surface area (Å²) < 4.78 is 0. The van der Waals surface area contributed by atoms with Gasteiger partial charge in [-0.3, -0.25) is 4.79 Å². The summed E-state index contributed by atoms with van der Waals surface area (Å²) in [4.78, 5) is 13.3. The lowest BCUT2D eigenvalue weighted by atomic mass is 10.1. The number of nitrogens with two attached hydrogens (primary N) is 2. The Labute approximate surface area is 96.2 Å². The lowest BCUT2D eigenvalue weighted by Gasteiger charge is -2.21. The van der Waals surface area contributed by atoms with Crippen LogP contribution in [-0.2, 0) is 0 Å². The molecule has 4 heteroatoms. The van der Waals surface area contributed by atoms with Gasteiger partial charge >= 0.3 is 0 Å². The molecule has 88 valence electrons. The number of rotatable bonds is 5. The number of hydrogen-bond donors (Lipinski definition) is 2. The predicted octanol–water partition coefficient (Wildman–Crippen LogP) is 0.879. The van der Waals surface area contributed by atoms with Gasteiger partial charge in [0.15, 0.2) is 0 Å². The third-order valence-electron chi connectivity index (χ3n) is 2.53. The molecule has 0 unspecified atom stereocenters. The molecular weight excluding hydrogens is 202 g/mol. The van der Waals surface area contributed by atoms with Gasteiger partial charge in [-0.15, -0.1) is 0 Å². The maximum absolute atomic E-state index is 11.3. The average molecular weight is 221 g/mol. The van der Waals surface area contributed by atoms with Gasteiger partial charge in [0, 0.05) is 19.3 Å². The first kappa shape index (κ1) is 12.5. The first-order chi connectivity index (χ1) is 7.56. The highest BCUT2D eigenvalue weighted by Crippen LogP contribution is 2.20. The number of anilines is 1. The number of benzene rings is 1. The summed E-state index contributed by atoms with van der Waals surface area (Å²) in [5, 5.41) is 0. The van der Waals surface area contributed by atoms with Crippen molar-refractivity contribution in [3.8, 4) is 0 Å². The molecular formula is C12H19N3O. The molecule has 0 radical (unpaired) electrons. The van der Waals surface area contributed by atoms with E-state index in [1.54, 1.807) is 6.07 Å². The number of carbonyl (C=O) groups excluding carboxylic acids is 1. The lowest BCUT2D eigenvalue weighted by Crippen LogP contribution is -2.24. The Balaban J connectivity index is 2.99. The van der Waals surface area contributed by atoms with E-state index in [4.69, 9.17) is 11.5 Å². The molecule has 0 saturated heterocycles. The van der Waals surface area contributed by atoms with Crippen LogP contribution >= 0.6 is 0 Å². The van der Waals surface area contributed by atoms with Gasteiger partial charge in [-0.05, 0) is 37.6 Å². The van der Waals surface area contributed by atoms with Crippen LogP contribution in [0, 0.1) is 6.92 Å². The SMILES string of the molecule is Cc1ccc(C(N)=O)c(N(C)CCCN)c1. The minimum atomic E-state index is -0.394. The molecule has 0 fully saturated rings. The number of carbonyl (C=O) groups is 1. The van der Waals surface area contributed by atoms with Crippen LogP contribution in [0.15, 0.2) is 18.2 Å². The molecule has 1 amide bonds. The number of amides is 1. The van der Waals surface area contributed by atoms with E-state index in [0.29, 0.717) is 12.1 Å². The van der Waals surface area contributed by atoms with Crippen molar-refractivity contribution < 1.29 is 4.79 Å². The van der Waals surface area contributed by atoms with Gasteiger partial charge in [0.25, 0.3) is 5.91 Å². The maximum Gasteiger partial charge on any atom is 0.250 e. The fraction of sp³-hybridized carbons (Fsp3) is 0.417. The zero-order valence-electron chi connectivity index (χ0n) is 9.86. The van der Waals surface area contributed by atoms with Gasteiger partial charge in [0.2, 0.25) is 0 Å². The van der Waals surface area contributed by atoms with E-state index < -0.39 is 5.91 Å². The van der Waals surface area contributed by atoms with Crippen molar-refractivity contribution in [1.82, 2.24) is 0 Å². The number of nitrogens with zero attached hydrogens (tertiary/aromatic N) is 1. The Morgan fingerprint density at radius 3 is 2.69 bits per heavy atom. The standard InChI is InChI=1S/C12H19N3O/c1-9-4-5-10(12(14)16)11(8-9)15(2)7-3-6-13/h4-5,8H,3,6-7,13H2,1-2H3,(H2,14,16). The Morgan fingerprint density at radius 2 is 2.12 bits per heavy atom. The molecule has 0 aliphatic carbocycles. The molecule has 0 spiro atoms. The molecule has 0 saturated carbocycles. The molecule has 4 N–H and O–H groups in total.